The third kappa shape index (κ3) is 4.21. The summed E-state index contributed by atoms with van der Waals surface area (Å²) in [7, 11) is 1.56. The van der Waals surface area contributed by atoms with E-state index in [-0.39, 0.29) is 5.57 Å². The second-order valence-corrected chi connectivity index (χ2v) is 5.87. The average molecular weight is 346 g/mol. The maximum Gasteiger partial charge on any atom is 0.348 e. The molecule has 1 aliphatic rings. The molecular weight excluding hydrogens is 324 g/mol. The normalized spacial score (nSPS) is 15.9. The summed E-state index contributed by atoms with van der Waals surface area (Å²) >= 11 is 0. The van der Waals surface area contributed by atoms with Crippen molar-refractivity contribution in [3.05, 3.63) is 41.5 Å². The first-order valence-corrected chi connectivity index (χ1v) is 7.94. The van der Waals surface area contributed by atoms with E-state index in [0.29, 0.717) is 30.1 Å². The summed E-state index contributed by atoms with van der Waals surface area (Å²) in [6, 6.07) is 3.50. The van der Waals surface area contributed by atoms with Crippen molar-refractivity contribution in [2.45, 2.75) is 33.0 Å². The van der Waals surface area contributed by atoms with Crippen LogP contribution in [0.15, 0.2) is 30.4 Å². The Morgan fingerprint density at radius 2 is 1.84 bits per heavy atom. The topological polar surface area (TPSA) is 71.1 Å². The SMILES string of the molecule is C=CCc1cc(C=C2C(=O)OC(C)(C)OC2=O)cc(OCC)c1OC. The molecule has 1 aliphatic heterocycles. The van der Waals surface area contributed by atoms with E-state index < -0.39 is 17.7 Å². The molecule has 0 amide bonds. The van der Waals surface area contributed by atoms with E-state index in [9.17, 15) is 9.59 Å². The summed E-state index contributed by atoms with van der Waals surface area (Å²) < 4.78 is 21.2. The minimum atomic E-state index is -1.27. The van der Waals surface area contributed by atoms with Crippen LogP contribution in [-0.2, 0) is 25.5 Å². The number of hydrogen-bond donors (Lipinski definition) is 0. The molecule has 0 aliphatic carbocycles. The van der Waals surface area contributed by atoms with Gasteiger partial charge in [0.1, 0.15) is 5.57 Å². The van der Waals surface area contributed by atoms with E-state index in [4.69, 9.17) is 18.9 Å². The van der Waals surface area contributed by atoms with Gasteiger partial charge in [-0.1, -0.05) is 6.08 Å². The van der Waals surface area contributed by atoms with Crippen molar-refractivity contribution < 1.29 is 28.5 Å². The van der Waals surface area contributed by atoms with Gasteiger partial charge in [0.05, 0.1) is 13.7 Å². The molecule has 0 N–H and O–H groups in total. The number of esters is 2. The van der Waals surface area contributed by atoms with Gasteiger partial charge in [0.15, 0.2) is 11.5 Å². The fourth-order valence-electron chi connectivity index (χ4n) is 2.51. The molecule has 2 rings (SSSR count). The number of allylic oxidation sites excluding steroid dienone is 1. The Bertz CT molecular complexity index is 708. The van der Waals surface area contributed by atoms with Crippen LogP contribution in [0, 0.1) is 0 Å². The Labute approximate surface area is 147 Å². The number of carbonyl (C=O) groups is 2. The number of methoxy groups -OCH3 is 1. The van der Waals surface area contributed by atoms with Crippen LogP contribution < -0.4 is 9.47 Å². The fraction of sp³-hybridized carbons (Fsp3) is 0.368. The molecule has 1 saturated heterocycles. The van der Waals surface area contributed by atoms with Gasteiger partial charge in [0.25, 0.3) is 5.79 Å². The van der Waals surface area contributed by atoms with Crippen LogP contribution in [0.25, 0.3) is 6.08 Å². The van der Waals surface area contributed by atoms with Gasteiger partial charge in [-0.2, -0.15) is 0 Å². The lowest BCUT2D eigenvalue weighted by molar-refractivity contribution is -0.222. The lowest BCUT2D eigenvalue weighted by atomic mass is 10.0. The van der Waals surface area contributed by atoms with E-state index in [0.717, 1.165) is 5.56 Å². The molecule has 0 radical (unpaired) electrons. The van der Waals surface area contributed by atoms with Crippen LogP contribution in [0.2, 0.25) is 0 Å². The molecular formula is C19H22O6. The van der Waals surface area contributed by atoms with Gasteiger partial charge in [-0.25, -0.2) is 9.59 Å². The van der Waals surface area contributed by atoms with Gasteiger partial charge < -0.3 is 18.9 Å². The zero-order valence-corrected chi connectivity index (χ0v) is 14.9. The molecule has 1 fully saturated rings. The molecule has 1 aromatic rings. The Hall–Kier alpha value is -2.76. The van der Waals surface area contributed by atoms with Crippen molar-refractivity contribution in [2.24, 2.45) is 0 Å². The monoisotopic (exact) mass is 346 g/mol. The predicted molar refractivity (Wildman–Crippen MR) is 92.3 cm³/mol. The molecule has 1 aromatic carbocycles. The second kappa shape index (κ2) is 7.42. The zero-order chi connectivity index (χ0) is 18.6. The van der Waals surface area contributed by atoms with E-state index >= 15 is 0 Å². The van der Waals surface area contributed by atoms with E-state index in [2.05, 4.69) is 6.58 Å². The highest BCUT2D eigenvalue weighted by molar-refractivity contribution is 6.18. The van der Waals surface area contributed by atoms with Crippen LogP contribution in [0.1, 0.15) is 31.9 Å². The number of cyclic esters (lactones) is 2. The third-order valence-electron chi connectivity index (χ3n) is 3.45. The van der Waals surface area contributed by atoms with Gasteiger partial charge >= 0.3 is 11.9 Å². The van der Waals surface area contributed by atoms with Crippen LogP contribution in [0.3, 0.4) is 0 Å². The largest absolute Gasteiger partial charge is 0.493 e. The Balaban J connectivity index is 2.49. The van der Waals surface area contributed by atoms with Gasteiger partial charge in [0, 0.05) is 19.4 Å². The van der Waals surface area contributed by atoms with Crippen LogP contribution in [-0.4, -0.2) is 31.4 Å². The van der Waals surface area contributed by atoms with Gasteiger partial charge in [-0.15, -0.1) is 6.58 Å². The third-order valence-corrected chi connectivity index (χ3v) is 3.45. The minimum Gasteiger partial charge on any atom is -0.493 e. The maximum absolute atomic E-state index is 12.1. The van der Waals surface area contributed by atoms with Crippen molar-refractivity contribution in [1.29, 1.82) is 0 Å². The zero-order valence-electron chi connectivity index (χ0n) is 14.9. The molecule has 6 nitrogen and oxygen atoms in total. The molecule has 0 saturated carbocycles. The lowest BCUT2D eigenvalue weighted by Crippen LogP contribution is -2.41. The first kappa shape index (κ1) is 18.6. The summed E-state index contributed by atoms with van der Waals surface area (Å²) in [5.41, 5.74) is 1.26. The van der Waals surface area contributed by atoms with Gasteiger partial charge in [-0.3, -0.25) is 0 Å². The molecule has 0 spiro atoms. The van der Waals surface area contributed by atoms with E-state index in [1.165, 1.54) is 19.9 Å². The average Bonchev–Trinajstić information content (AvgIpc) is 2.51. The lowest BCUT2D eigenvalue weighted by Gasteiger charge is -2.29. The predicted octanol–water partition coefficient (Wildman–Crippen LogP) is 3.04. The Kier molecular flexibility index (Phi) is 5.51. The second-order valence-electron chi connectivity index (χ2n) is 5.87. The number of rotatable bonds is 6. The standard InChI is InChI=1S/C19H22O6/c1-6-8-13-9-12(11-15(23-7-2)16(13)22-5)10-14-17(20)24-19(3,4)25-18(14)21/h6,9-11H,1,7-8H2,2-5H3. The molecule has 0 aromatic heterocycles. The maximum atomic E-state index is 12.1. The smallest absolute Gasteiger partial charge is 0.348 e. The van der Waals surface area contributed by atoms with Crippen molar-refractivity contribution in [3.8, 4) is 11.5 Å². The van der Waals surface area contributed by atoms with Crippen LogP contribution >= 0.6 is 0 Å². The molecule has 0 bridgehead atoms. The molecule has 0 unspecified atom stereocenters. The molecule has 1 heterocycles. The molecule has 25 heavy (non-hydrogen) atoms. The van der Waals surface area contributed by atoms with E-state index in [1.807, 2.05) is 6.92 Å². The van der Waals surface area contributed by atoms with Gasteiger partial charge in [0.2, 0.25) is 0 Å². The van der Waals surface area contributed by atoms with Crippen molar-refractivity contribution >= 4 is 18.0 Å². The Morgan fingerprint density at radius 3 is 2.36 bits per heavy atom. The summed E-state index contributed by atoms with van der Waals surface area (Å²) in [4.78, 5) is 24.2. The van der Waals surface area contributed by atoms with E-state index in [1.54, 1.807) is 25.3 Å². The number of benzene rings is 1. The quantitative estimate of drug-likeness (QED) is 0.341. The Morgan fingerprint density at radius 1 is 1.20 bits per heavy atom. The highest BCUT2D eigenvalue weighted by atomic mass is 16.7. The van der Waals surface area contributed by atoms with Gasteiger partial charge in [-0.05, 0) is 37.1 Å². The van der Waals surface area contributed by atoms with Crippen LogP contribution in [0.4, 0.5) is 0 Å². The highest BCUT2D eigenvalue weighted by Crippen LogP contribution is 2.35. The molecule has 0 atom stereocenters. The number of ether oxygens (including phenoxy) is 4. The van der Waals surface area contributed by atoms with Crippen molar-refractivity contribution in [1.82, 2.24) is 0 Å². The highest BCUT2D eigenvalue weighted by Gasteiger charge is 2.38. The van der Waals surface area contributed by atoms with Crippen LogP contribution in [0.5, 0.6) is 11.5 Å². The number of hydrogen-bond acceptors (Lipinski definition) is 6. The summed E-state index contributed by atoms with van der Waals surface area (Å²) in [5.74, 6) is -1.59. The first-order chi connectivity index (χ1) is 11.8. The van der Waals surface area contributed by atoms with Crippen molar-refractivity contribution in [3.63, 3.8) is 0 Å². The minimum absolute atomic E-state index is 0.170. The molecule has 6 heteroatoms. The molecule has 134 valence electrons. The summed E-state index contributed by atoms with van der Waals surface area (Å²) in [5, 5.41) is 0. The first-order valence-electron chi connectivity index (χ1n) is 7.94. The van der Waals surface area contributed by atoms with Crippen molar-refractivity contribution in [2.75, 3.05) is 13.7 Å². The summed E-state index contributed by atoms with van der Waals surface area (Å²) in [6.45, 7) is 9.04. The fourth-order valence-corrected chi connectivity index (χ4v) is 2.51. The number of carbonyl (C=O) groups excluding carboxylic acids is 2. The summed E-state index contributed by atoms with van der Waals surface area (Å²) in [6.07, 6.45) is 3.70.